The van der Waals surface area contributed by atoms with Crippen molar-refractivity contribution in [2.75, 3.05) is 5.73 Å². The second kappa shape index (κ2) is 5.64. The van der Waals surface area contributed by atoms with Gasteiger partial charge in [0.25, 0.3) is 5.89 Å². The number of nitrogens with two attached hydrogens (primary N) is 1. The number of nitrogen functional groups attached to an aromatic ring is 1. The van der Waals surface area contributed by atoms with E-state index in [1.807, 2.05) is 37.3 Å². The zero-order valence-corrected chi connectivity index (χ0v) is 12.4. The smallest absolute Gasteiger partial charge is 0.257 e. The molecule has 102 valence electrons. The standard InChI is InChI=1S/C13H12N4OS2/c1-8-12(20-13(14)15-8)19-7-10-16-11(18-17-10)9-5-3-2-4-6-9/h2-6H,7H2,1H3,(H2,14,15). The molecule has 0 amide bonds. The van der Waals surface area contributed by atoms with Gasteiger partial charge < -0.3 is 10.3 Å². The van der Waals surface area contributed by atoms with E-state index in [9.17, 15) is 0 Å². The van der Waals surface area contributed by atoms with Gasteiger partial charge in [0, 0.05) is 5.56 Å². The Kier molecular flexibility index (Phi) is 3.70. The average molecular weight is 304 g/mol. The molecule has 0 saturated heterocycles. The maximum atomic E-state index is 5.67. The quantitative estimate of drug-likeness (QED) is 0.744. The Balaban J connectivity index is 1.70. The highest BCUT2D eigenvalue weighted by atomic mass is 32.2. The van der Waals surface area contributed by atoms with Crippen LogP contribution in [-0.2, 0) is 5.75 Å². The molecule has 0 aliphatic carbocycles. The highest BCUT2D eigenvalue weighted by Gasteiger charge is 2.11. The highest BCUT2D eigenvalue weighted by molar-refractivity contribution is 8.00. The van der Waals surface area contributed by atoms with Crippen LogP contribution in [0.4, 0.5) is 5.13 Å². The molecule has 3 rings (SSSR count). The molecule has 2 heterocycles. The number of benzene rings is 1. The molecule has 2 aromatic heterocycles. The molecule has 0 saturated carbocycles. The van der Waals surface area contributed by atoms with E-state index in [0.717, 1.165) is 15.5 Å². The molecule has 5 nitrogen and oxygen atoms in total. The van der Waals surface area contributed by atoms with Crippen LogP contribution in [-0.4, -0.2) is 15.1 Å². The minimum Gasteiger partial charge on any atom is -0.375 e. The van der Waals surface area contributed by atoms with Crippen LogP contribution < -0.4 is 5.73 Å². The molecule has 7 heteroatoms. The van der Waals surface area contributed by atoms with Crippen molar-refractivity contribution >= 4 is 28.2 Å². The van der Waals surface area contributed by atoms with Crippen LogP contribution >= 0.6 is 23.1 Å². The molecule has 0 fully saturated rings. The molecule has 0 aliphatic heterocycles. The lowest BCUT2D eigenvalue weighted by Crippen LogP contribution is -1.84. The fourth-order valence-electron chi connectivity index (χ4n) is 1.68. The fraction of sp³-hybridized carbons (Fsp3) is 0.154. The molecule has 0 radical (unpaired) electrons. The Labute approximate surface area is 124 Å². The van der Waals surface area contributed by atoms with E-state index >= 15 is 0 Å². The molecular weight excluding hydrogens is 292 g/mol. The van der Waals surface area contributed by atoms with Crippen LogP contribution in [0.15, 0.2) is 39.1 Å². The first-order valence-electron chi connectivity index (χ1n) is 5.96. The average Bonchev–Trinajstić information content (AvgIpc) is 3.04. The van der Waals surface area contributed by atoms with Gasteiger partial charge in [-0.05, 0) is 19.1 Å². The number of thioether (sulfide) groups is 1. The normalized spacial score (nSPS) is 10.8. The summed E-state index contributed by atoms with van der Waals surface area (Å²) in [6.45, 7) is 1.95. The van der Waals surface area contributed by atoms with Crippen LogP contribution in [0.1, 0.15) is 11.5 Å². The zero-order valence-electron chi connectivity index (χ0n) is 10.7. The van der Waals surface area contributed by atoms with Crippen LogP contribution in [0, 0.1) is 6.92 Å². The number of thiazole rings is 1. The van der Waals surface area contributed by atoms with Gasteiger partial charge in [0.05, 0.1) is 15.7 Å². The number of hydrogen-bond donors (Lipinski definition) is 1. The van der Waals surface area contributed by atoms with Crippen molar-refractivity contribution in [2.24, 2.45) is 0 Å². The monoisotopic (exact) mass is 304 g/mol. The van der Waals surface area contributed by atoms with E-state index in [1.54, 1.807) is 11.8 Å². The number of anilines is 1. The van der Waals surface area contributed by atoms with E-state index in [4.69, 9.17) is 10.3 Å². The van der Waals surface area contributed by atoms with Crippen molar-refractivity contribution < 1.29 is 4.52 Å². The van der Waals surface area contributed by atoms with Crippen molar-refractivity contribution in [1.82, 2.24) is 15.1 Å². The summed E-state index contributed by atoms with van der Waals surface area (Å²) in [6.07, 6.45) is 0. The van der Waals surface area contributed by atoms with Crippen molar-refractivity contribution in [2.45, 2.75) is 16.9 Å². The minimum absolute atomic E-state index is 0.543. The Morgan fingerprint density at radius 3 is 2.75 bits per heavy atom. The lowest BCUT2D eigenvalue weighted by molar-refractivity contribution is 0.425. The molecule has 1 aromatic carbocycles. The van der Waals surface area contributed by atoms with Crippen molar-refractivity contribution in [3.05, 3.63) is 41.9 Å². The maximum Gasteiger partial charge on any atom is 0.257 e. The van der Waals surface area contributed by atoms with Crippen molar-refractivity contribution in [1.29, 1.82) is 0 Å². The van der Waals surface area contributed by atoms with E-state index in [0.29, 0.717) is 22.6 Å². The van der Waals surface area contributed by atoms with Crippen molar-refractivity contribution in [3.8, 4) is 11.5 Å². The summed E-state index contributed by atoms with van der Waals surface area (Å²) < 4.78 is 6.35. The van der Waals surface area contributed by atoms with Gasteiger partial charge in [-0.15, -0.1) is 11.8 Å². The predicted octanol–water partition coefficient (Wildman–Crippen LogP) is 3.38. The number of aryl methyl sites for hydroxylation is 1. The number of hydrogen-bond acceptors (Lipinski definition) is 7. The molecule has 3 aromatic rings. The second-order valence-electron chi connectivity index (χ2n) is 4.10. The third kappa shape index (κ3) is 2.83. The minimum atomic E-state index is 0.543. The molecule has 20 heavy (non-hydrogen) atoms. The molecule has 0 unspecified atom stereocenters. The topological polar surface area (TPSA) is 77.8 Å². The first-order chi connectivity index (χ1) is 9.72. The summed E-state index contributed by atoms with van der Waals surface area (Å²) in [5.74, 6) is 1.85. The SMILES string of the molecule is Cc1nc(N)sc1SCc1noc(-c2ccccc2)n1. The van der Waals surface area contributed by atoms with E-state index in [1.165, 1.54) is 11.3 Å². The molecule has 0 atom stereocenters. The highest BCUT2D eigenvalue weighted by Crippen LogP contribution is 2.32. The van der Waals surface area contributed by atoms with Crippen LogP contribution in [0.2, 0.25) is 0 Å². The molecule has 0 spiro atoms. The van der Waals surface area contributed by atoms with Gasteiger partial charge in [-0.2, -0.15) is 4.98 Å². The summed E-state index contributed by atoms with van der Waals surface area (Å²) in [7, 11) is 0. The van der Waals surface area contributed by atoms with Crippen LogP contribution in [0.3, 0.4) is 0 Å². The lowest BCUT2D eigenvalue weighted by atomic mass is 10.2. The largest absolute Gasteiger partial charge is 0.375 e. The Morgan fingerprint density at radius 1 is 1.25 bits per heavy atom. The van der Waals surface area contributed by atoms with Gasteiger partial charge in [-0.25, -0.2) is 4.98 Å². The van der Waals surface area contributed by atoms with Crippen molar-refractivity contribution in [3.63, 3.8) is 0 Å². The van der Waals surface area contributed by atoms with Crippen LogP contribution in [0.5, 0.6) is 0 Å². The Hall–Kier alpha value is -1.86. The molecule has 2 N–H and O–H groups in total. The molecule has 0 bridgehead atoms. The lowest BCUT2D eigenvalue weighted by Gasteiger charge is -1.93. The fourth-order valence-corrected chi connectivity index (χ4v) is 3.54. The summed E-state index contributed by atoms with van der Waals surface area (Å²) >= 11 is 3.10. The third-order valence-electron chi connectivity index (χ3n) is 2.59. The Morgan fingerprint density at radius 2 is 2.05 bits per heavy atom. The first-order valence-corrected chi connectivity index (χ1v) is 7.76. The first kappa shape index (κ1) is 13.1. The maximum absolute atomic E-state index is 5.67. The van der Waals surface area contributed by atoms with Gasteiger partial charge in [-0.1, -0.05) is 34.7 Å². The van der Waals surface area contributed by atoms with Gasteiger partial charge in [-0.3, -0.25) is 0 Å². The summed E-state index contributed by atoms with van der Waals surface area (Å²) in [5, 5.41) is 4.58. The number of nitrogens with zero attached hydrogens (tertiary/aromatic N) is 3. The van der Waals surface area contributed by atoms with E-state index < -0.39 is 0 Å². The predicted molar refractivity (Wildman–Crippen MR) is 80.6 cm³/mol. The van der Waals surface area contributed by atoms with Gasteiger partial charge >= 0.3 is 0 Å². The molecular formula is C13H12N4OS2. The van der Waals surface area contributed by atoms with E-state index in [2.05, 4.69) is 15.1 Å². The third-order valence-corrected chi connectivity index (χ3v) is 4.94. The number of aromatic nitrogens is 3. The van der Waals surface area contributed by atoms with Crippen LogP contribution in [0.25, 0.3) is 11.5 Å². The zero-order chi connectivity index (χ0) is 13.9. The summed E-state index contributed by atoms with van der Waals surface area (Å²) in [6, 6.07) is 9.72. The summed E-state index contributed by atoms with van der Waals surface area (Å²) in [5.41, 5.74) is 7.55. The molecule has 0 aliphatic rings. The summed E-state index contributed by atoms with van der Waals surface area (Å²) in [4.78, 5) is 8.57. The van der Waals surface area contributed by atoms with Gasteiger partial charge in [0.15, 0.2) is 11.0 Å². The van der Waals surface area contributed by atoms with Gasteiger partial charge in [0.1, 0.15) is 0 Å². The Bertz CT molecular complexity index is 708. The number of rotatable bonds is 4. The van der Waals surface area contributed by atoms with Gasteiger partial charge in [0.2, 0.25) is 0 Å². The second-order valence-corrected chi connectivity index (χ2v) is 6.37. The van der Waals surface area contributed by atoms with E-state index in [-0.39, 0.29) is 0 Å².